The van der Waals surface area contributed by atoms with Crippen LogP contribution in [0.25, 0.3) is 20.5 Å². The molecular weight excluding hydrogens is 370 g/mol. The Bertz CT molecular complexity index is 956. The van der Waals surface area contributed by atoms with E-state index in [-0.39, 0.29) is 5.91 Å². The summed E-state index contributed by atoms with van der Waals surface area (Å²) in [4.78, 5) is 15.9. The van der Waals surface area contributed by atoms with Crippen molar-refractivity contribution in [1.29, 1.82) is 0 Å². The molecule has 4 rings (SSSR count). The van der Waals surface area contributed by atoms with E-state index < -0.39 is 0 Å². The number of ether oxygens (including phenoxy) is 2. The summed E-state index contributed by atoms with van der Waals surface area (Å²) in [5, 5.41) is 1.21. The molecule has 4 nitrogen and oxygen atoms in total. The number of rotatable bonds is 5. The van der Waals surface area contributed by atoms with Gasteiger partial charge in [-0.2, -0.15) is 0 Å². The third kappa shape index (κ3) is 3.72. The number of hydrogen-bond acceptors (Lipinski definition) is 4. The Morgan fingerprint density at radius 1 is 1.00 bits per heavy atom. The van der Waals surface area contributed by atoms with Crippen LogP contribution in [0.4, 0.5) is 0 Å². The van der Waals surface area contributed by atoms with Gasteiger partial charge in [-0.1, -0.05) is 18.2 Å². The minimum absolute atomic E-state index is 0.172. The molecule has 2 aromatic carbocycles. The van der Waals surface area contributed by atoms with E-state index in [4.69, 9.17) is 9.47 Å². The smallest absolute Gasteiger partial charge is 0.227 e. The zero-order valence-corrected chi connectivity index (χ0v) is 17.2. The number of likely N-dealkylation sites (tertiary alicyclic amines) is 1. The Labute approximate surface area is 169 Å². The quantitative estimate of drug-likeness (QED) is 0.600. The molecule has 1 aromatic heterocycles. The molecule has 0 radical (unpaired) electrons. The minimum Gasteiger partial charge on any atom is -0.496 e. The van der Waals surface area contributed by atoms with E-state index in [1.807, 2.05) is 17.0 Å². The van der Waals surface area contributed by atoms with Crippen LogP contribution in [-0.4, -0.2) is 38.1 Å². The standard InChI is InChI=1S/C23H25NO3S/c1-26-19-15-20(27-2)18(22-13-16-8-4-5-9-21(16)28-22)12-17(19)14-23(25)24-10-6-3-7-11-24/h4-5,8-9,12-13,15H,3,6-7,10-11,14H2,1-2H3. The highest BCUT2D eigenvalue weighted by Gasteiger charge is 2.21. The summed E-state index contributed by atoms with van der Waals surface area (Å²) in [6.07, 6.45) is 3.76. The van der Waals surface area contributed by atoms with E-state index >= 15 is 0 Å². The second-order valence-corrected chi connectivity index (χ2v) is 8.21. The molecular formula is C23H25NO3S. The predicted molar refractivity (Wildman–Crippen MR) is 115 cm³/mol. The van der Waals surface area contributed by atoms with Crippen molar-refractivity contribution in [3.05, 3.63) is 48.0 Å². The van der Waals surface area contributed by atoms with E-state index in [9.17, 15) is 4.79 Å². The number of piperidine rings is 1. The Morgan fingerprint density at radius 2 is 1.75 bits per heavy atom. The third-order valence-corrected chi connectivity index (χ3v) is 6.49. The number of hydrogen-bond donors (Lipinski definition) is 0. The van der Waals surface area contributed by atoms with Crippen molar-refractivity contribution >= 4 is 27.3 Å². The van der Waals surface area contributed by atoms with Gasteiger partial charge in [-0.3, -0.25) is 4.79 Å². The molecule has 0 aliphatic carbocycles. The first-order valence-corrected chi connectivity index (χ1v) is 10.5. The van der Waals surface area contributed by atoms with Crippen LogP contribution in [0.2, 0.25) is 0 Å². The SMILES string of the molecule is COc1cc(OC)c(-c2cc3ccccc3s2)cc1CC(=O)N1CCCCC1. The first-order chi connectivity index (χ1) is 13.7. The number of carbonyl (C=O) groups excluding carboxylic acids is 1. The number of methoxy groups -OCH3 is 2. The van der Waals surface area contributed by atoms with Crippen molar-refractivity contribution < 1.29 is 14.3 Å². The maximum atomic E-state index is 12.8. The summed E-state index contributed by atoms with van der Waals surface area (Å²) in [6, 6.07) is 14.5. The molecule has 0 bridgehead atoms. The molecule has 146 valence electrons. The average Bonchev–Trinajstić information content (AvgIpc) is 3.18. The van der Waals surface area contributed by atoms with Gasteiger partial charge in [0.05, 0.1) is 20.6 Å². The minimum atomic E-state index is 0.172. The highest BCUT2D eigenvalue weighted by Crippen LogP contribution is 2.41. The lowest BCUT2D eigenvalue weighted by molar-refractivity contribution is -0.131. The molecule has 0 saturated carbocycles. The maximum absolute atomic E-state index is 12.8. The molecule has 2 heterocycles. The number of fused-ring (bicyclic) bond motifs is 1. The Balaban J connectivity index is 1.71. The molecule has 1 fully saturated rings. The molecule has 1 aliphatic rings. The molecule has 1 saturated heterocycles. The zero-order chi connectivity index (χ0) is 19.5. The molecule has 0 N–H and O–H groups in total. The molecule has 0 atom stereocenters. The van der Waals surface area contributed by atoms with E-state index in [2.05, 4.69) is 30.3 Å². The molecule has 5 heteroatoms. The molecule has 1 aliphatic heterocycles. The fourth-order valence-electron chi connectivity index (χ4n) is 3.83. The topological polar surface area (TPSA) is 38.8 Å². The number of benzene rings is 2. The highest BCUT2D eigenvalue weighted by molar-refractivity contribution is 7.22. The number of nitrogens with zero attached hydrogens (tertiary/aromatic N) is 1. The van der Waals surface area contributed by atoms with Gasteiger partial charge in [0, 0.05) is 39.9 Å². The van der Waals surface area contributed by atoms with Gasteiger partial charge in [0.25, 0.3) is 0 Å². The molecule has 3 aromatic rings. The van der Waals surface area contributed by atoms with E-state index in [1.165, 1.54) is 16.5 Å². The van der Waals surface area contributed by atoms with E-state index in [1.54, 1.807) is 25.6 Å². The van der Waals surface area contributed by atoms with E-state index in [0.29, 0.717) is 12.2 Å². The average molecular weight is 396 g/mol. The monoisotopic (exact) mass is 395 g/mol. The van der Waals surface area contributed by atoms with Crippen LogP contribution in [0.3, 0.4) is 0 Å². The lowest BCUT2D eigenvalue weighted by atomic mass is 10.0. The molecule has 0 unspecified atom stereocenters. The van der Waals surface area contributed by atoms with Crippen molar-refractivity contribution in [2.24, 2.45) is 0 Å². The Hall–Kier alpha value is -2.53. The number of thiophene rings is 1. The fraction of sp³-hybridized carbons (Fsp3) is 0.348. The third-order valence-electron chi connectivity index (χ3n) is 5.34. The van der Waals surface area contributed by atoms with Gasteiger partial charge in [-0.15, -0.1) is 11.3 Å². The van der Waals surface area contributed by atoms with Crippen molar-refractivity contribution in [3.8, 4) is 21.9 Å². The predicted octanol–water partition coefficient (Wildman–Crippen LogP) is 5.14. The maximum Gasteiger partial charge on any atom is 0.227 e. The summed E-state index contributed by atoms with van der Waals surface area (Å²) >= 11 is 1.73. The van der Waals surface area contributed by atoms with Crippen LogP contribution in [0.1, 0.15) is 24.8 Å². The summed E-state index contributed by atoms with van der Waals surface area (Å²) in [5.74, 6) is 1.63. The second kappa shape index (κ2) is 8.23. The summed E-state index contributed by atoms with van der Waals surface area (Å²) < 4.78 is 12.5. The van der Waals surface area contributed by atoms with Crippen LogP contribution >= 0.6 is 11.3 Å². The number of carbonyl (C=O) groups is 1. The Morgan fingerprint density at radius 3 is 2.46 bits per heavy atom. The van der Waals surface area contributed by atoms with Crippen molar-refractivity contribution in [3.63, 3.8) is 0 Å². The normalized spacial score (nSPS) is 14.3. The lowest BCUT2D eigenvalue weighted by Crippen LogP contribution is -2.36. The van der Waals surface area contributed by atoms with Crippen molar-refractivity contribution in [2.45, 2.75) is 25.7 Å². The van der Waals surface area contributed by atoms with Gasteiger partial charge in [-0.25, -0.2) is 0 Å². The largest absolute Gasteiger partial charge is 0.496 e. The number of amides is 1. The van der Waals surface area contributed by atoms with Crippen LogP contribution in [-0.2, 0) is 11.2 Å². The van der Waals surface area contributed by atoms with Gasteiger partial charge in [-0.05, 0) is 42.8 Å². The van der Waals surface area contributed by atoms with Gasteiger partial charge in [0.1, 0.15) is 11.5 Å². The lowest BCUT2D eigenvalue weighted by Gasteiger charge is -2.27. The van der Waals surface area contributed by atoms with Crippen LogP contribution in [0.5, 0.6) is 11.5 Å². The first kappa shape index (κ1) is 18.8. The van der Waals surface area contributed by atoms with Crippen molar-refractivity contribution in [2.75, 3.05) is 27.3 Å². The van der Waals surface area contributed by atoms with Crippen LogP contribution < -0.4 is 9.47 Å². The van der Waals surface area contributed by atoms with Gasteiger partial charge in [0.15, 0.2) is 0 Å². The summed E-state index contributed by atoms with van der Waals surface area (Å²) in [6.45, 7) is 1.72. The molecule has 0 spiro atoms. The van der Waals surface area contributed by atoms with Crippen LogP contribution in [0.15, 0.2) is 42.5 Å². The summed E-state index contributed by atoms with van der Waals surface area (Å²) in [7, 11) is 3.31. The highest BCUT2D eigenvalue weighted by atomic mass is 32.1. The van der Waals surface area contributed by atoms with Gasteiger partial charge in [0.2, 0.25) is 5.91 Å². The van der Waals surface area contributed by atoms with Crippen LogP contribution in [0, 0.1) is 0 Å². The molecule has 1 amide bonds. The zero-order valence-electron chi connectivity index (χ0n) is 16.4. The second-order valence-electron chi connectivity index (χ2n) is 7.13. The summed E-state index contributed by atoms with van der Waals surface area (Å²) in [5.41, 5.74) is 1.91. The van der Waals surface area contributed by atoms with Crippen molar-refractivity contribution in [1.82, 2.24) is 4.90 Å². The fourth-order valence-corrected chi connectivity index (χ4v) is 4.91. The van der Waals surface area contributed by atoms with E-state index in [0.717, 1.165) is 47.7 Å². The van der Waals surface area contributed by atoms with Gasteiger partial charge < -0.3 is 14.4 Å². The van der Waals surface area contributed by atoms with Gasteiger partial charge >= 0.3 is 0 Å². The molecule has 28 heavy (non-hydrogen) atoms. The first-order valence-electron chi connectivity index (χ1n) is 9.71. The Kier molecular flexibility index (Phi) is 5.53.